The number of amides is 1. The molecule has 0 aliphatic rings. The highest BCUT2D eigenvalue weighted by atomic mass is 35.5. The molecule has 0 aliphatic heterocycles. The van der Waals surface area contributed by atoms with E-state index in [1.807, 2.05) is 53.1 Å². The first-order valence-electron chi connectivity index (χ1n) is 8.54. The van der Waals surface area contributed by atoms with E-state index in [9.17, 15) is 4.79 Å². The maximum absolute atomic E-state index is 11.4. The molecule has 4 aromatic rings. The number of para-hydroxylation sites is 1. The number of halogens is 2. The second-order valence-corrected chi connectivity index (χ2v) is 7.25. The van der Waals surface area contributed by atoms with Gasteiger partial charge in [-0.05, 0) is 53.1 Å². The monoisotopic (exact) mass is 410 g/mol. The summed E-state index contributed by atoms with van der Waals surface area (Å²) in [4.78, 5) is 15.8. The predicted molar refractivity (Wildman–Crippen MR) is 114 cm³/mol. The van der Waals surface area contributed by atoms with Gasteiger partial charge in [0.1, 0.15) is 0 Å². The molecule has 3 aromatic carbocycles. The molecular weight excluding hydrogens is 395 g/mol. The quantitative estimate of drug-likeness (QED) is 0.514. The molecule has 0 saturated carbocycles. The largest absolute Gasteiger partial charge is 0.369 e. The van der Waals surface area contributed by atoms with Gasteiger partial charge in [0.2, 0.25) is 11.9 Å². The summed E-state index contributed by atoms with van der Waals surface area (Å²) in [5.74, 6) is -0.0412. The minimum absolute atomic E-state index is 0.142. The minimum atomic E-state index is -0.396. The second-order valence-electron chi connectivity index (χ2n) is 6.40. The smallest absolute Gasteiger partial charge is 0.221 e. The van der Waals surface area contributed by atoms with Gasteiger partial charge in [-0.2, -0.15) is 0 Å². The van der Waals surface area contributed by atoms with Gasteiger partial charge < -0.3 is 11.5 Å². The lowest BCUT2D eigenvalue weighted by Crippen LogP contribution is -2.14. The van der Waals surface area contributed by atoms with Crippen LogP contribution in [0, 0.1) is 0 Å². The van der Waals surface area contributed by atoms with E-state index < -0.39 is 5.91 Å². The molecule has 1 amide bonds. The molecule has 0 radical (unpaired) electrons. The number of carbonyl (C=O) groups is 1. The van der Waals surface area contributed by atoms with Crippen molar-refractivity contribution >= 4 is 46.1 Å². The van der Waals surface area contributed by atoms with E-state index in [0.717, 1.165) is 33.4 Å². The summed E-state index contributed by atoms with van der Waals surface area (Å²) in [7, 11) is 0. The van der Waals surface area contributed by atoms with Crippen molar-refractivity contribution in [3.63, 3.8) is 0 Å². The molecule has 4 N–H and O–H groups in total. The lowest BCUT2D eigenvalue weighted by atomic mass is 9.97. The summed E-state index contributed by atoms with van der Waals surface area (Å²) in [6.07, 6.45) is 0.142. The fourth-order valence-electron chi connectivity index (χ4n) is 3.31. The topological polar surface area (TPSA) is 86.9 Å². The number of aromatic nitrogens is 2. The summed E-state index contributed by atoms with van der Waals surface area (Å²) in [6, 6.07) is 18.6. The first-order valence-corrected chi connectivity index (χ1v) is 9.29. The van der Waals surface area contributed by atoms with Gasteiger partial charge in [-0.1, -0.05) is 47.5 Å². The Balaban J connectivity index is 1.81. The van der Waals surface area contributed by atoms with Gasteiger partial charge in [0.25, 0.3) is 0 Å². The van der Waals surface area contributed by atoms with Crippen LogP contribution < -0.4 is 11.5 Å². The first-order chi connectivity index (χ1) is 13.4. The van der Waals surface area contributed by atoms with Crippen molar-refractivity contribution in [1.82, 2.24) is 9.55 Å². The summed E-state index contributed by atoms with van der Waals surface area (Å²) < 4.78 is 1.81. The molecule has 0 fully saturated rings. The Kier molecular flexibility index (Phi) is 4.71. The SMILES string of the molecule is NC(=O)Cc1ccc(Cl)cc1-c1ccc(-n2c(N)nc3cccc(Cl)c32)cc1. The maximum atomic E-state index is 11.4. The van der Waals surface area contributed by atoms with E-state index in [-0.39, 0.29) is 6.42 Å². The number of carbonyl (C=O) groups excluding carboxylic acids is 1. The van der Waals surface area contributed by atoms with Gasteiger partial charge in [0.15, 0.2) is 0 Å². The van der Waals surface area contributed by atoms with Crippen molar-refractivity contribution in [2.75, 3.05) is 5.73 Å². The highest BCUT2D eigenvalue weighted by molar-refractivity contribution is 6.35. The normalized spacial score (nSPS) is 11.1. The molecule has 7 heteroatoms. The lowest BCUT2D eigenvalue weighted by Gasteiger charge is -2.12. The van der Waals surface area contributed by atoms with Crippen LogP contribution in [0.5, 0.6) is 0 Å². The van der Waals surface area contributed by atoms with Gasteiger partial charge in [0, 0.05) is 10.7 Å². The van der Waals surface area contributed by atoms with E-state index in [0.29, 0.717) is 16.0 Å². The van der Waals surface area contributed by atoms with Gasteiger partial charge in [0.05, 0.1) is 22.5 Å². The number of hydrogen-bond donors (Lipinski definition) is 2. The second kappa shape index (κ2) is 7.19. The highest BCUT2D eigenvalue weighted by Crippen LogP contribution is 2.32. The number of benzene rings is 3. The van der Waals surface area contributed by atoms with Crippen molar-refractivity contribution < 1.29 is 4.79 Å². The third kappa shape index (κ3) is 3.30. The van der Waals surface area contributed by atoms with Crippen LogP contribution in [0.2, 0.25) is 10.0 Å². The van der Waals surface area contributed by atoms with E-state index in [1.165, 1.54) is 0 Å². The van der Waals surface area contributed by atoms with Crippen molar-refractivity contribution in [1.29, 1.82) is 0 Å². The number of anilines is 1. The lowest BCUT2D eigenvalue weighted by molar-refractivity contribution is -0.117. The molecule has 0 saturated heterocycles. The Morgan fingerprint density at radius 2 is 1.79 bits per heavy atom. The number of fused-ring (bicyclic) bond motifs is 1. The van der Waals surface area contributed by atoms with Crippen molar-refractivity contribution in [3.8, 4) is 16.8 Å². The zero-order chi connectivity index (χ0) is 19.8. The fourth-order valence-corrected chi connectivity index (χ4v) is 3.74. The zero-order valence-electron chi connectivity index (χ0n) is 14.7. The van der Waals surface area contributed by atoms with Crippen LogP contribution in [0.15, 0.2) is 60.7 Å². The van der Waals surface area contributed by atoms with Crippen LogP contribution in [0.3, 0.4) is 0 Å². The molecule has 0 unspecified atom stereocenters. The van der Waals surface area contributed by atoms with E-state index in [4.69, 9.17) is 34.7 Å². The number of rotatable bonds is 4. The van der Waals surface area contributed by atoms with Crippen LogP contribution in [0.1, 0.15) is 5.56 Å². The Hall–Kier alpha value is -3.02. The number of nitrogen functional groups attached to an aromatic ring is 1. The van der Waals surface area contributed by atoms with Crippen molar-refractivity contribution in [2.45, 2.75) is 6.42 Å². The average molecular weight is 411 g/mol. The predicted octanol–water partition coefficient (Wildman–Crippen LogP) is 4.61. The molecule has 0 aliphatic carbocycles. The molecule has 1 aromatic heterocycles. The summed E-state index contributed by atoms with van der Waals surface area (Å²) in [6.45, 7) is 0. The van der Waals surface area contributed by atoms with E-state index in [1.54, 1.807) is 12.1 Å². The van der Waals surface area contributed by atoms with Crippen molar-refractivity contribution in [3.05, 3.63) is 76.3 Å². The molecule has 140 valence electrons. The Bertz CT molecular complexity index is 1200. The third-order valence-corrected chi connectivity index (χ3v) is 5.07. The van der Waals surface area contributed by atoms with Crippen LogP contribution in [-0.2, 0) is 11.2 Å². The van der Waals surface area contributed by atoms with Crippen molar-refractivity contribution in [2.24, 2.45) is 5.73 Å². The standard InChI is InChI=1S/C21H16Cl2N4O/c22-14-7-4-13(10-19(24)28)16(11-14)12-5-8-15(9-6-12)27-20-17(23)2-1-3-18(20)26-21(27)25/h1-9,11H,10H2,(H2,24,28)(H2,25,26). The first kappa shape index (κ1) is 18.3. The van der Waals surface area contributed by atoms with Crippen LogP contribution in [0.25, 0.3) is 27.8 Å². The van der Waals surface area contributed by atoms with Crippen LogP contribution >= 0.6 is 23.2 Å². The maximum Gasteiger partial charge on any atom is 0.221 e. The number of nitrogens with zero attached hydrogens (tertiary/aromatic N) is 2. The van der Waals surface area contributed by atoms with E-state index in [2.05, 4.69) is 4.98 Å². The Morgan fingerprint density at radius 1 is 1.04 bits per heavy atom. The molecule has 0 bridgehead atoms. The minimum Gasteiger partial charge on any atom is -0.369 e. The molecular formula is C21H16Cl2N4O. The van der Waals surface area contributed by atoms with Gasteiger partial charge in [-0.3, -0.25) is 9.36 Å². The molecule has 4 rings (SSSR count). The average Bonchev–Trinajstić information content (AvgIpc) is 3.00. The molecule has 5 nitrogen and oxygen atoms in total. The summed E-state index contributed by atoms with van der Waals surface area (Å²) in [5.41, 5.74) is 16.4. The molecule has 1 heterocycles. The highest BCUT2D eigenvalue weighted by Gasteiger charge is 2.14. The van der Waals surface area contributed by atoms with Gasteiger partial charge >= 0.3 is 0 Å². The Morgan fingerprint density at radius 3 is 2.50 bits per heavy atom. The fraction of sp³-hybridized carbons (Fsp3) is 0.0476. The van der Waals surface area contributed by atoms with Crippen LogP contribution in [-0.4, -0.2) is 15.5 Å². The molecule has 28 heavy (non-hydrogen) atoms. The zero-order valence-corrected chi connectivity index (χ0v) is 16.2. The number of imidazole rings is 1. The number of hydrogen-bond acceptors (Lipinski definition) is 3. The van der Waals surface area contributed by atoms with Crippen LogP contribution in [0.4, 0.5) is 5.95 Å². The Labute approximate surface area is 171 Å². The summed E-state index contributed by atoms with van der Waals surface area (Å²) in [5, 5.41) is 1.16. The third-order valence-electron chi connectivity index (χ3n) is 4.53. The van der Waals surface area contributed by atoms with E-state index >= 15 is 0 Å². The molecule has 0 spiro atoms. The van der Waals surface area contributed by atoms with Gasteiger partial charge in [-0.15, -0.1) is 0 Å². The summed E-state index contributed by atoms with van der Waals surface area (Å²) >= 11 is 12.5. The number of primary amides is 1. The number of nitrogens with two attached hydrogens (primary N) is 2. The van der Waals surface area contributed by atoms with Gasteiger partial charge in [-0.25, -0.2) is 4.98 Å². The molecule has 0 atom stereocenters.